The van der Waals surface area contributed by atoms with Gasteiger partial charge in [-0.15, -0.1) is 11.3 Å². The molecule has 1 amide bonds. The summed E-state index contributed by atoms with van der Waals surface area (Å²) in [6.07, 6.45) is 3.69. The molecule has 28 heavy (non-hydrogen) atoms. The van der Waals surface area contributed by atoms with Gasteiger partial charge in [-0.2, -0.15) is 5.10 Å². The van der Waals surface area contributed by atoms with E-state index in [1.807, 2.05) is 0 Å². The van der Waals surface area contributed by atoms with Crippen LogP contribution >= 0.6 is 11.3 Å². The highest BCUT2D eigenvalue weighted by Crippen LogP contribution is 2.20. The summed E-state index contributed by atoms with van der Waals surface area (Å²) in [5.74, 6) is -0.463. The van der Waals surface area contributed by atoms with E-state index in [0.717, 1.165) is 23.7 Å². The molecular formula is C15H14N6O5S2. The number of aromatic nitrogens is 3. The summed E-state index contributed by atoms with van der Waals surface area (Å²) >= 11 is 1.15. The number of hydrogen-bond acceptors (Lipinski definition) is 8. The molecular weight excluding hydrogens is 408 g/mol. The van der Waals surface area contributed by atoms with Crippen molar-refractivity contribution in [2.75, 3.05) is 10.0 Å². The first-order valence-electron chi connectivity index (χ1n) is 7.78. The van der Waals surface area contributed by atoms with Crippen LogP contribution in [0.2, 0.25) is 0 Å². The van der Waals surface area contributed by atoms with E-state index in [-0.39, 0.29) is 15.7 Å². The third kappa shape index (κ3) is 4.32. The van der Waals surface area contributed by atoms with Crippen LogP contribution in [0.5, 0.6) is 0 Å². The fourth-order valence-corrected chi connectivity index (χ4v) is 3.95. The number of benzene rings is 1. The lowest BCUT2D eigenvalue weighted by molar-refractivity contribution is -0.385. The molecule has 1 unspecified atom stereocenters. The Labute approximate surface area is 163 Å². The zero-order chi connectivity index (χ0) is 20.3. The molecule has 0 aliphatic carbocycles. The highest BCUT2D eigenvalue weighted by atomic mass is 32.2. The molecule has 3 rings (SSSR count). The topological polar surface area (TPSA) is 149 Å². The molecule has 0 radical (unpaired) electrons. The summed E-state index contributed by atoms with van der Waals surface area (Å²) in [6.45, 7) is 1.53. The highest BCUT2D eigenvalue weighted by molar-refractivity contribution is 7.93. The maximum absolute atomic E-state index is 12.3. The fraction of sp³-hybridized carbons (Fsp3) is 0.133. The molecule has 146 valence electrons. The number of nitro groups is 1. The number of carbonyl (C=O) groups is 1. The van der Waals surface area contributed by atoms with Gasteiger partial charge in [0.25, 0.3) is 10.0 Å². The summed E-state index contributed by atoms with van der Waals surface area (Å²) in [6, 6.07) is 4.76. The maximum atomic E-state index is 12.3. The second-order valence-electron chi connectivity index (χ2n) is 5.57. The Morgan fingerprint density at radius 2 is 2.04 bits per heavy atom. The maximum Gasteiger partial charge on any atom is 0.307 e. The molecule has 0 aliphatic heterocycles. The Balaban J connectivity index is 1.67. The van der Waals surface area contributed by atoms with E-state index in [1.165, 1.54) is 42.1 Å². The predicted molar refractivity (Wildman–Crippen MR) is 102 cm³/mol. The molecule has 13 heteroatoms. The Morgan fingerprint density at radius 3 is 2.61 bits per heavy atom. The summed E-state index contributed by atoms with van der Waals surface area (Å²) in [5.41, 5.74) is 0.147. The molecule has 11 nitrogen and oxygen atoms in total. The van der Waals surface area contributed by atoms with Gasteiger partial charge in [-0.05, 0) is 31.2 Å². The van der Waals surface area contributed by atoms with Gasteiger partial charge >= 0.3 is 5.69 Å². The smallest absolute Gasteiger partial charge is 0.307 e. The summed E-state index contributed by atoms with van der Waals surface area (Å²) in [5, 5.41) is 19.0. The number of amides is 1. The SMILES string of the molecule is CC(C(=O)Nc1ccc(S(=O)(=O)Nc2nccs2)cc1)n1cc([N+](=O)[O-])cn1. The van der Waals surface area contributed by atoms with Crippen LogP contribution < -0.4 is 10.0 Å². The van der Waals surface area contributed by atoms with Gasteiger partial charge in [0.2, 0.25) is 5.91 Å². The van der Waals surface area contributed by atoms with Crippen molar-refractivity contribution >= 4 is 43.8 Å². The Kier molecular flexibility index (Phi) is 5.37. The number of sulfonamides is 1. The van der Waals surface area contributed by atoms with Crippen molar-refractivity contribution in [2.45, 2.75) is 17.9 Å². The van der Waals surface area contributed by atoms with E-state index in [2.05, 4.69) is 20.1 Å². The number of nitrogens with zero attached hydrogens (tertiary/aromatic N) is 4. The van der Waals surface area contributed by atoms with Gasteiger partial charge in [0.05, 0.1) is 9.82 Å². The monoisotopic (exact) mass is 422 g/mol. The molecule has 0 saturated heterocycles. The molecule has 0 saturated carbocycles. The second-order valence-corrected chi connectivity index (χ2v) is 8.14. The van der Waals surface area contributed by atoms with Crippen molar-refractivity contribution in [2.24, 2.45) is 0 Å². The van der Waals surface area contributed by atoms with Gasteiger partial charge in [-0.1, -0.05) is 0 Å². The van der Waals surface area contributed by atoms with Crippen LogP contribution in [0.15, 0.2) is 53.1 Å². The lowest BCUT2D eigenvalue weighted by atomic mass is 10.2. The van der Waals surface area contributed by atoms with Crippen molar-refractivity contribution in [3.8, 4) is 0 Å². The number of anilines is 2. The van der Waals surface area contributed by atoms with Crippen molar-refractivity contribution in [1.29, 1.82) is 0 Å². The van der Waals surface area contributed by atoms with Gasteiger partial charge in [-0.3, -0.25) is 24.3 Å². The number of hydrogen-bond donors (Lipinski definition) is 2. The highest BCUT2D eigenvalue weighted by Gasteiger charge is 2.20. The molecule has 0 fully saturated rings. The molecule has 2 heterocycles. The standard InChI is InChI=1S/C15H14N6O5S2/c1-10(20-9-12(8-17-20)21(23)24)14(22)18-11-2-4-13(5-3-11)28(25,26)19-15-16-6-7-27-15/h2-10H,1H3,(H,16,19)(H,18,22). The van der Waals surface area contributed by atoms with E-state index in [1.54, 1.807) is 5.38 Å². The van der Waals surface area contributed by atoms with E-state index >= 15 is 0 Å². The van der Waals surface area contributed by atoms with Gasteiger partial charge < -0.3 is 5.32 Å². The number of carbonyl (C=O) groups excluding carboxylic acids is 1. The van der Waals surface area contributed by atoms with Crippen LogP contribution in [0.1, 0.15) is 13.0 Å². The predicted octanol–water partition coefficient (Wildman–Crippen LogP) is 2.25. The fourth-order valence-electron chi connectivity index (χ4n) is 2.17. The van der Waals surface area contributed by atoms with Crippen molar-refractivity contribution in [3.63, 3.8) is 0 Å². The van der Waals surface area contributed by atoms with Crippen LogP contribution in [-0.2, 0) is 14.8 Å². The third-order valence-electron chi connectivity index (χ3n) is 3.66. The lowest BCUT2D eigenvalue weighted by Crippen LogP contribution is -2.24. The van der Waals surface area contributed by atoms with Gasteiger partial charge in [0.15, 0.2) is 5.13 Å². The van der Waals surface area contributed by atoms with Crippen molar-refractivity contribution in [3.05, 3.63) is 58.4 Å². The van der Waals surface area contributed by atoms with E-state index in [4.69, 9.17) is 0 Å². The molecule has 3 aromatic rings. The average molecular weight is 422 g/mol. The normalized spacial score (nSPS) is 12.3. The van der Waals surface area contributed by atoms with E-state index in [9.17, 15) is 23.3 Å². The first-order chi connectivity index (χ1) is 13.3. The van der Waals surface area contributed by atoms with Crippen LogP contribution in [0, 0.1) is 10.1 Å². The Morgan fingerprint density at radius 1 is 1.32 bits per heavy atom. The molecule has 1 atom stereocenters. The largest absolute Gasteiger partial charge is 0.324 e. The summed E-state index contributed by atoms with van der Waals surface area (Å²) in [7, 11) is -3.79. The Hall–Kier alpha value is -3.32. The van der Waals surface area contributed by atoms with Gasteiger partial charge in [0, 0.05) is 17.3 Å². The van der Waals surface area contributed by atoms with Gasteiger partial charge in [0.1, 0.15) is 18.4 Å². The minimum absolute atomic E-state index is 0.0106. The van der Waals surface area contributed by atoms with E-state index < -0.39 is 26.9 Å². The van der Waals surface area contributed by atoms with Crippen LogP contribution in [-0.4, -0.2) is 34.0 Å². The minimum atomic E-state index is -3.79. The average Bonchev–Trinajstić information content (AvgIpc) is 3.33. The summed E-state index contributed by atoms with van der Waals surface area (Å²) in [4.78, 5) is 26.3. The zero-order valence-electron chi connectivity index (χ0n) is 14.3. The molecule has 0 bridgehead atoms. The summed E-state index contributed by atoms with van der Waals surface area (Å²) < 4.78 is 28.1. The van der Waals surface area contributed by atoms with Crippen LogP contribution in [0.4, 0.5) is 16.5 Å². The second kappa shape index (κ2) is 7.74. The number of nitrogens with one attached hydrogen (secondary N) is 2. The quantitative estimate of drug-likeness (QED) is 0.438. The van der Waals surface area contributed by atoms with E-state index in [0.29, 0.717) is 5.69 Å². The van der Waals surface area contributed by atoms with Crippen molar-refractivity contribution < 1.29 is 18.1 Å². The zero-order valence-corrected chi connectivity index (χ0v) is 16.0. The Bertz CT molecular complexity index is 1090. The molecule has 1 aromatic carbocycles. The van der Waals surface area contributed by atoms with Crippen LogP contribution in [0.3, 0.4) is 0 Å². The molecule has 0 aliphatic rings. The van der Waals surface area contributed by atoms with Gasteiger partial charge in [-0.25, -0.2) is 13.4 Å². The number of thiazole rings is 1. The lowest BCUT2D eigenvalue weighted by Gasteiger charge is -2.12. The third-order valence-corrected chi connectivity index (χ3v) is 5.83. The first-order valence-corrected chi connectivity index (χ1v) is 10.1. The molecule has 0 spiro atoms. The minimum Gasteiger partial charge on any atom is -0.324 e. The number of rotatable bonds is 7. The first kappa shape index (κ1) is 19.4. The molecule has 2 aromatic heterocycles. The molecule has 2 N–H and O–H groups in total. The van der Waals surface area contributed by atoms with Crippen LogP contribution in [0.25, 0.3) is 0 Å². The van der Waals surface area contributed by atoms with Crippen molar-refractivity contribution in [1.82, 2.24) is 14.8 Å².